The number of benzene rings is 1. The van der Waals surface area contributed by atoms with Crippen LogP contribution < -0.4 is 15.2 Å². The van der Waals surface area contributed by atoms with Crippen molar-refractivity contribution in [2.75, 3.05) is 13.3 Å². The van der Waals surface area contributed by atoms with Crippen LogP contribution in [0.4, 0.5) is 0 Å². The van der Waals surface area contributed by atoms with Crippen molar-refractivity contribution in [3.63, 3.8) is 0 Å². The van der Waals surface area contributed by atoms with Gasteiger partial charge in [0.05, 0.1) is 11.6 Å². The van der Waals surface area contributed by atoms with Crippen LogP contribution in [0.1, 0.15) is 10.4 Å². The van der Waals surface area contributed by atoms with Crippen LogP contribution in [-0.4, -0.2) is 19.1 Å². The van der Waals surface area contributed by atoms with Gasteiger partial charge in [-0.05, 0) is 6.07 Å². The third-order valence-corrected chi connectivity index (χ3v) is 2.26. The molecule has 0 unspecified atom stereocenters. The average Bonchev–Trinajstić information content (AvgIpc) is 2.62. The zero-order chi connectivity index (χ0) is 10.1. The minimum atomic E-state index is -0.215. The van der Waals surface area contributed by atoms with Crippen LogP contribution in [0.15, 0.2) is 12.1 Å². The number of ether oxygens (including phenoxy) is 2. The summed E-state index contributed by atoms with van der Waals surface area (Å²) < 4.78 is 10.2. The Morgan fingerprint density at radius 1 is 1.43 bits per heavy atom. The van der Waals surface area contributed by atoms with E-state index in [4.69, 9.17) is 26.8 Å². The molecule has 0 spiro atoms. The number of fused-ring (bicyclic) bond motifs is 1. The smallest absolute Gasteiger partial charge is 0.231 e. The molecule has 1 aromatic rings. The lowest BCUT2D eigenvalue weighted by Crippen LogP contribution is -2.13. The molecule has 2 rings (SSSR count). The quantitative estimate of drug-likeness (QED) is 0.751. The lowest BCUT2D eigenvalue weighted by Gasteiger charge is -2.03. The number of halogens is 1. The fraction of sp³-hybridized carbons (Fsp3) is 0.222. The number of nitrogens with two attached hydrogens (primary N) is 1. The third kappa shape index (κ3) is 1.42. The van der Waals surface area contributed by atoms with E-state index in [9.17, 15) is 4.79 Å². The first kappa shape index (κ1) is 9.30. The predicted octanol–water partition coefficient (Wildman–Crippen LogP) is 1.21. The predicted molar refractivity (Wildman–Crippen MR) is 51.0 cm³/mol. The van der Waals surface area contributed by atoms with Crippen molar-refractivity contribution in [3.8, 4) is 11.5 Å². The molecule has 0 atom stereocenters. The molecule has 0 fully saturated rings. The molecule has 1 heterocycles. The van der Waals surface area contributed by atoms with E-state index in [-0.39, 0.29) is 19.1 Å². The molecule has 1 aliphatic rings. The van der Waals surface area contributed by atoms with Gasteiger partial charge in [-0.15, -0.1) is 0 Å². The monoisotopic (exact) mass is 213 g/mol. The van der Waals surface area contributed by atoms with Crippen LogP contribution in [0.2, 0.25) is 5.02 Å². The SMILES string of the molecule is NCC(=O)c1cc2c(cc1Cl)OCO2. The summed E-state index contributed by atoms with van der Waals surface area (Å²) in [7, 11) is 0. The first-order valence-electron chi connectivity index (χ1n) is 4.05. The number of hydrogen-bond acceptors (Lipinski definition) is 4. The van der Waals surface area contributed by atoms with Crippen molar-refractivity contribution in [1.29, 1.82) is 0 Å². The maximum absolute atomic E-state index is 11.3. The molecule has 1 aliphatic heterocycles. The maximum Gasteiger partial charge on any atom is 0.231 e. The van der Waals surface area contributed by atoms with Crippen LogP contribution in [0.3, 0.4) is 0 Å². The van der Waals surface area contributed by atoms with Crippen molar-refractivity contribution < 1.29 is 14.3 Å². The van der Waals surface area contributed by atoms with Gasteiger partial charge >= 0.3 is 0 Å². The second-order valence-electron chi connectivity index (χ2n) is 2.81. The number of ketones is 1. The van der Waals surface area contributed by atoms with Gasteiger partial charge in [-0.1, -0.05) is 11.6 Å². The summed E-state index contributed by atoms with van der Waals surface area (Å²) in [4.78, 5) is 11.3. The van der Waals surface area contributed by atoms with Gasteiger partial charge in [-0.2, -0.15) is 0 Å². The lowest BCUT2D eigenvalue weighted by molar-refractivity contribution is 0.100. The van der Waals surface area contributed by atoms with Crippen molar-refractivity contribution in [2.24, 2.45) is 5.73 Å². The van der Waals surface area contributed by atoms with Gasteiger partial charge in [0.2, 0.25) is 6.79 Å². The van der Waals surface area contributed by atoms with E-state index in [0.717, 1.165) is 0 Å². The van der Waals surface area contributed by atoms with Gasteiger partial charge in [-0.25, -0.2) is 0 Å². The fourth-order valence-corrected chi connectivity index (χ4v) is 1.50. The van der Waals surface area contributed by atoms with Crippen LogP contribution in [0.5, 0.6) is 11.5 Å². The van der Waals surface area contributed by atoms with E-state index in [1.54, 1.807) is 12.1 Å². The first-order valence-corrected chi connectivity index (χ1v) is 4.42. The largest absolute Gasteiger partial charge is 0.454 e. The van der Waals surface area contributed by atoms with E-state index < -0.39 is 0 Å². The molecule has 0 aliphatic carbocycles. The van der Waals surface area contributed by atoms with Crippen molar-refractivity contribution >= 4 is 17.4 Å². The molecule has 0 saturated heterocycles. The molecule has 0 saturated carbocycles. The van der Waals surface area contributed by atoms with Gasteiger partial charge in [0.15, 0.2) is 17.3 Å². The first-order chi connectivity index (χ1) is 6.72. The summed E-state index contributed by atoms with van der Waals surface area (Å²) >= 11 is 5.87. The molecular weight excluding hydrogens is 206 g/mol. The molecule has 4 nitrogen and oxygen atoms in total. The second-order valence-corrected chi connectivity index (χ2v) is 3.22. The normalized spacial score (nSPS) is 13.0. The topological polar surface area (TPSA) is 61.6 Å². The number of Topliss-reactive ketones (excluding diaryl/α,β-unsaturated/α-hetero) is 1. The number of carbonyl (C=O) groups excluding carboxylic acids is 1. The number of hydrogen-bond donors (Lipinski definition) is 1. The standard InChI is InChI=1S/C9H8ClNO3/c10-6-2-9-8(13-4-14-9)1-5(6)7(12)3-11/h1-2H,3-4,11H2. The highest BCUT2D eigenvalue weighted by Gasteiger charge is 2.19. The van der Waals surface area contributed by atoms with Gasteiger partial charge in [0.25, 0.3) is 0 Å². The summed E-state index contributed by atoms with van der Waals surface area (Å²) in [6, 6.07) is 3.12. The zero-order valence-corrected chi connectivity index (χ0v) is 8.00. The molecule has 14 heavy (non-hydrogen) atoms. The molecular formula is C9H8ClNO3. The molecule has 0 aromatic heterocycles. The highest BCUT2D eigenvalue weighted by Crippen LogP contribution is 2.36. The van der Waals surface area contributed by atoms with Crippen molar-refractivity contribution in [2.45, 2.75) is 0 Å². The van der Waals surface area contributed by atoms with Gasteiger partial charge < -0.3 is 15.2 Å². The molecule has 5 heteroatoms. The molecule has 1 aromatic carbocycles. The summed E-state index contributed by atoms with van der Waals surface area (Å²) in [6.07, 6.45) is 0. The Morgan fingerprint density at radius 2 is 2.07 bits per heavy atom. The van der Waals surface area contributed by atoms with Crippen LogP contribution >= 0.6 is 11.6 Å². The van der Waals surface area contributed by atoms with E-state index in [1.165, 1.54) is 0 Å². The van der Waals surface area contributed by atoms with Gasteiger partial charge in [0.1, 0.15) is 0 Å². The van der Waals surface area contributed by atoms with Crippen molar-refractivity contribution in [1.82, 2.24) is 0 Å². The van der Waals surface area contributed by atoms with Crippen LogP contribution in [0.25, 0.3) is 0 Å². The van der Waals surface area contributed by atoms with E-state index in [2.05, 4.69) is 0 Å². The summed E-state index contributed by atoms with van der Waals surface area (Å²) in [5, 5.41) is 0.338. The lowest BCUT2D eigenvalue weighted by atomic mass is 10.1. The zero-order valence-electron chi connectivity index (χ0n) is 7.25. The third-order valence-electron chi connectivity index (χ3n) is 1.95. The highest BCUT2D eigenvalue weighted by atomic mass is 35.5. The Labute approximate surface area is 85.6 Å². The summed E-state index contributed by atoms with van der Waals surface area (Å²) in [6.45, 7) is 0.0886. The molecule has 74 valence electrons. The van der Waals surface area contributed by atoms with Gasteiger partial charge in [0, 0.05) is 11.6 Å². The van der Waals surface area contributed by atoms with Crippen LogP contribution in [-0.2, 0) is 0 Å². The maximum atomic E-state index is 11.3. The highest BCUT2D eigenvalue weighted by molar-refractivity contribution is 6.34. The minimum absolute atomic E-state index is 0.0701. The molecule has 0 radical (unpaired) electrons. The van der Waals surface area contributed by atoms with E-state index in [1.807, 2.05) is 0 Å². The molecule has 0 bridgehead atoms. The van der Waals surface area contributed by atoms with Crippen molar-refractivity contribution in [3.05, 3.63) is 22.7 Å². The Balaban J connectivity index is 2.47. The summed E-state index contributed by atoms with van der Waals surface area (Å²) in [5.41, 5.74) is 5.61. The van der Waals surface area contributed by atoms with Gasteiger partial charge in [-0.3, -0.25) is 4.79 Å². The minimum Gasteiger partial charge on any atom is -0.454 e. The Bertz CT molecular complexity index is 392. The Kier molecular flexibility index (Phi) is 2.31. The van der Waals surface area contributed by atoms with E-state index in [0.29, 0.717) is 22.1 Å². The average molecular weight is 214 g/mol. The van der Waals surface area contributed by atoms with Crippen LogP contribution in [0, 0.1) is 0 Å². The molecule has 0 amide bonds. The number of carbonyl (C=O) groups is 1. The Hall–Kier alpha value is -1.26. The number of rotatable bonds is 2. The second kappa shape index (κ2) is 3.48. The Morgan fingerprint density at radius 3 is 2.71 bits per heavy atom. The van der Waals surface area contributed by atoms with E-state index >= 15 is 0 Å². The summed E-state index contributed by atoms with van der Waals surface area (Å²) in [5.74, 6) is 0.878. The molecule has 2 N–H and O–H groups in total. The fourth-order valence-electron chi connectivity index (χ4n) is 1.24.